The van der Waals surface area contributed by atoms with Crippen LogP contribution in [0.2, 0.25) is 0 Å². The van der Waals surface area contributed by atoms with Crippen molar-refractivity contribution < 1.29 is 26.3 Å². The molecule has 148 valence electrons. The summed E-state index contributed by atoms with van der Waals surface area (Å²) in [5.74, 6) is 0.243. The Hall–Kier alpha value is -2.82. The fourth-order valence-corrected chi connectivity index (χ4v) is 3.95. The lowest BCUT2D eigenvalue weighted by molar-refractivity contribution is -0.274. The van der Waals surface area contributed by atoms with Crippen LogP contribution >= 0.6 is 0 Å². The number of halogens is 3. The molecule has 0 amide bonds. The van der Waals surface area contributed by atoms with Gasteiger partial charge in [-0.1, -0.05) is 0 Å². The molecule has 0 bridgehead atoms. The Morgan fingerprint density at radius 1 is 1.21 bits per heavy atom. The van der Waals surface area contributed by atoms with Crippen molar-refractivity contribution in [3.8, 4) is 17.0 Å². The predicted molar refractivity (Wildman–Crippen MR) is 96.9 cm³/mol. The van der Waals surface area contributed by atoms with Gasteiger partial charge in [-0.05, 0) is 30.3 Å². The smallest absolute Gasteiger partial charge is 0.406 e. The molecule has 1 aliphatic rings. The van der Waals surface area contributed by atoms with Crippen molar-refractivity contribution in [2.75, 3.05) is 24.2 Å². The number of hydrogen-bond donors (Lipinski definition) is 1. The Bertz CT molecular complexity index is 1140. The van der Waals surface area contributed by atoms with Crippen LogP contribution in [0.15, 0.2) is 36.5 Å². The van der Waals surface area contributed by atoms with Crippen LogP contribution in [0, 0.1) is 0 Å². The first-order chi connectivity index (χ1) is 13.1. The number of nitrogens with one attached hydrogen (secondary N) is 1. The number of hydrogen-bond acceptors (Lipinski definition) is 6. The quantitative estimate of drug-likeness (QED) is 0.709. The monoisotopic (exact) mass is 412 g/mol. The zero-order chi connectivity index (χ0) is 20.1. The summed E-state index contributed by atoms with van der Waals surface area (Å²) < 4.78 is 64.6. The minimum absolute atomic E-state index is 0.337. The molecule has 0 spiro atoms. The van der Waals surface area contributed by atoms with E-state index in [9.17, 15) is 21.6 Å². The highest BCUT2D eigenvalue weighted by Crippen LogP contribution is 2.33. The Kier molecular flexibility index (Phi) is 4.21. The van der Waals surface area contributed by atoms with Crippen molar-refractivity contribution in [1.82, 2.24) is 15.2 Å². The number of ether oxygens (including phenoxy) is 1. The van der Waals surface area contributed by atoms with E-state index in [1.807, 2.05) is 4.90 Å². The topological polar surface area (TPSA) is 88.2 Å². The van der Waals surface area contributed by atoms with Gasteiger partial charge in [-0.15, -0.1) is 13.2 Å². The minimum atomic E-state index is -4.78. The standard InChI is InChI=1S/C17H15F3N4O3S/c1-28(25,26)12-8-24(9-12)15-6-10(4-5-21-15)16-13-7-11(27-17(18,19)20)2-3-14(13)22-23-16/h2-7,12H,8-9H2,1H3,(H,22,23). The van der Waals surface area contributed by atoms with Gasteiger partial charge in [0, 0.05) is 36.5 Å². The van der Waals surface area contributed by atoms with E-state index in [1.54, 1.807) is 18.3 Å². The summed E-state index contributed by atoms with van der Waals surface area (Å²) in [5, 5.41) is 7.02. The van der Waals surface area contributed by atoms with Gasteiger partial charge in [0.15, 0.2) is 9.84 Å². The van der Waals surface area contributed by atoms with E-state index in [0.717, 1.165) is 0 Å². The van der Waals surface area contributed by atoms with Crippen LogP contribution in [0.3, 0.4) is 0 Å². The molecule has 1 saturated heterocycles. The van der Waals surface area contributed by atoms with Crippen molar-refractivity contribution in [1.29, 1.82) is 0 Å². The normalized spacial score (nSPS) is 15.6. The zero-order valence-corrected chi connectivity index (χ0v) is 15.4. The molecule has 4 rings (SSSR count). The van der Waals surface area contributed by atoms with Gasteiger partial charge >= 0.3 is 6.36 Å². The van der Waals surface area contributed by atoms with Gasteiger partial charge in [0.1, 0.15) is 17.3 Å². The lowest BCUT2D eigenvalue weighted by atomic mass is 10.1. The number of alkyl halides is 3. The first kappa shape index (κ1) is 18.5. The first-order valence-electron chi connectivity index (χ1n) is 8.24. The molecule has 7 nitrogen and oxygen atoms in total. The van der Waals surface area contributed by atoms with Crippen LogP contribution in [0.4, 0.5) is 19.0 Å². The molecule has 28 heavy (non-hydrogen) atoms. The summed E-state index contributed by atoms with van der Waals surface area (Å²) in [7, 11) is -3.10. The summed E-state index contributed by atoms with van der Waals surface area (Å²) >= 11 is 0. The predicted octanol–water partition coefficient (Wildman–Crippen LogP) is 2.76. The SMILES string of the molecule is CS(=O)(=O)C1CN(c2cc(-c3n[nH]c4ccc(OC(F)(F)F)cc34)ccn2)C1. The number of anilines is 1. The van der Waals surface area contributed by atoms with Crippen molar-refractivity contribution in [2.24, 2.45) is 0 Å². The van der Waals surface area contributed by atoms with E-state index in [2.05, 4.69) is 19.9 Å². The molecule has 0 aliphatic carbocycles. The van der Waals surface area contributed by atoms with E-state index in [1.165, 1.54) is 24.5 Å². The summed E-state index contributed by atoms with van der Waals surface area (Å²) in [6, 6.07) is 7.35. The third-order valence-corrected chi connectivity index (χ3v) is 6.07. The van der Waals surface area contributed by atoms with Gasteiger partial charge in [-0.2, -0.15) is 5.10 Å². The van der Waals surface area contributed by atoms with Gasteiger partial charge < -0.3 is 9.64 Å². The van der Waals surface area contributed by atoms with Crippen molar-refractivity contribution in [3.05, 3.63) is 36.5 Å². The number of fused-ring (bicyclic) bond motifs is 1. The summed E-state index contributed by atoms with van der Waals surface area (Å²) in [5.41, 5.74) is 1.65. The fourth-order valence-electron chi connectivity index (χ4n) is 3.04. The van der Waals surface area contributed by atoms with Crippen LogP contribution in [0.5, 0.6) is 5.75 Å². The molecular weight excluding hydrogens is 397 g/mol. The number of pyridine rings is 1. The van der Waals surface area contributed by atoms with Gasteiger partial charge in [0.25, 0.3) is 0 Å². The highest BCUT2D eigenvalue weighted by molar-refractivity contribution is 7.91. The van der Waals surface area contributed by atoms with Crippen LogP contribution in [0.25, 0.3) is 22.2 Å². The largest absolute Gasteiger partial charge is 0.573 e. The Balaban J connectivity index is 1.64. The molecule has 0 saturated carbocycles. The first-order valence-corrected chi connectivity index (χ1v) is 10.2. The van der Waals surface area contributed by atoms with Crippen LogP contribution in [-0.2, 0) is 9.84 Å². The lowest BCUT2D eigenvalue weighted by Gasteiger charge is -2.38. The summed E-state index contributed by atoms with van der Waals surface area (Å²) in [6.07, 6.45) is -2.03. The van der Waals surface area contributed by atoms with Crippen molar-refractivity contribution >= 4 is 26.6 Å². The Morgan fingerprint density at radius 3 is 2.64 bits per heavy atom. The van der Waals surface area contributed by atoms with Crippen molar-refractivity contribution in [3.63, 3.8) is 0 Å². The highest BCUT2D eigenvalue weighted by Gasteiger charge is 2.35. The average Bonchev–Trinajstić information content (AvgIpc) is 2.94. The van der Waals surface area contributed by atoms with E-state index in [0.29, 0.717) is 41.1 Å². The lowest BCUT2D eigenvalue weighted by Crippen LogP contribution is -2.54. The maximum atomic E-state index is 12.5. The van der Waals surface area contributed by atoms with E-state index in [4.69, 9.17) is 0 Å². The Morgan fingerprint density at radius 2 is 1.96 bits per heavy atom. The summed E-state index contributed by atoms with van der Waals surface area (Å²) in [4.78, 5) is 6.08. The molecule has 11 heteroatoms. The second-order valence-corrected chi connectivity index (χ2v) is 8.91. The average molecular weight is 412 g/mol. The second-order valence-electron chi connectivity index (χ2n) is 6.59. The van der Waals surface area contributed by atoms with E-state index >= 15 is 0 Å². The number of benzene rings is 1. The highest BCUT2D eigenvalue weighted by atomic mass is 32.2. The number of nitrogens with zero attached hydrogens (tertiary/aromatic N) is 3. The third kappa shape index (κ3) is 3.61. The maximum absolute atomic E-state index is 12.5. The van der Waals surface area contributed by atoms with E-state index < -0.39 is 21.4 Å². The molecule has 0 atom stereocenters. The van der Waals surface area contributed by atoms with E-state index in [-0.39, 0.29) is 5.75 Å². The number of rotatable bonds is 4. The molecule has 1 N–H and O–H groups in total. The minimum Gasteiger partial charge on any atom is -0.406 e. The fraction of sp³-hybridized carbons (Fsp3) is 0.294. The number of H-pyrrole nitrogens is 1. The molecule has 1 aromatic carbocycles. The number of aromatic amines is 1. The van der Waals surface area contributed by atoms with Crippen LogP contribution < -0.4 is 9.64 Å². The molecule has 3 heterocycles. The molecule has 0 radical (unpaired) electrons. The second kappa shape index (κ2) is 6.36. The number of aromatic nitrogens is 3. The third-order valence-electron chi connectivity index (χ3n) is 4.56. The molecule has 2 aromatic heterocycles. The Labute approximate surface area is 158 Å². The molecule has 0 unspecified atom stereocenters. The molecule has 1 fully saturated rings. The van der Waals surface area contributed by atoms with Gasteiger partial charge in [-0.3, -0.25) is 5.10 Å². The molecular formula is C17H15F3N4O3S. The van der Waals surface area contributed by atoms with Gasteiger partial charge in [0.05, 0.1) is 10.8 Å². The molecule has 3 aromatic rings. The van der Waals surface area contributed by atoms with Gasteiger partial charge in [-0.25, -0.2) is 13.4 Å². The maximum Gasteiger partial charge on any atom is 0.573 e. The zero-order valence-electron chi connectivity index (χ0n) is 14.6. The van der Waals surface area contributed by atoms with Gasteiger partial charge in [0.2, 0.25) is 0 Å². The van der Waals surface area contributed by atoms with Crippen molar-refractivity contribution in [2.45, 2.75) is 11.6 Å². The summed E-state index contributed by atoms with van der Waals surface area (Å²) in [6.45, 7) is 0.695. The number of sulfone groups is 1. The van der Waals surface area contributed by atoms with Crippen LogP contribution in [-0.4, -0.2) is 54.6 Å². The van der Waals surface area contributed by atoms with Crippen LogP contribution in [0.1, 0.15) is 0 Å². The molecule has 1 aliphatic heterocycles.